The molecule has 1 saturated carbocycles. The second kappa shape index (κ2) is 7.61. The largest absolute Gasteiger partial charge is 0.396 e. The normalized spacial score (nSPS) is 18.4. The highest BCUT2D eigenvalue weighted by Crippen LogP contribution is 2.27. The quantitative estimate of drug-likeness (QED) is 0.828. The first-order valence-electron chi connectivity index (χ1n) is 7.55. The van der Waals surface area contributed by atoms with Gasteiger partial charge in [0, 0.05) is 25.4 Å². The predicted octanol–water partition coefficient (Wildman–Crippen LogP) is 2.81. The Morgan fingerprint density at radius 1 is 1.32 bits per heavy atom. The van der Waals surface area contributed by atoms with Gasteiger partial charge in [-0.15, -0.1) is 0 Å². The molecular weight excluding hydrogens is 236 g/mol. The molecule has 1 aromatic heterocycles. The van der Waals surface area contributed by atoms with E-state index in [0.717, 1.165) is 24.6 Å². The summed E-state index contributed by atoms with van der Waals surface area (Å²) in [5, 5.41) is 12.8. The summed E-state index contributed by atoms with van der Waals surface area (Å²) in [5.41, 5.74) is 2.28. The molecule has 1 atom stereocenters. The van der Waals surface area contributed by atoms with Gasteiger partial charge in [0.05, 0.1) is 5.69 Å². The van der Waals surface area contributed by atoms with Crippen LogP contribution < -0.4 is 5.32 Å². The molecule has 2 N–H and O–H groups in total. The molecule has 19 heavy (non-hydrogen) atoms. The second-order valence-corrected chi connectivity index (χ2v) is 5.72. The molecule has 1 aromatic rings. The van der Waals surface area contributed by atoms with E-state index in [2.05, 4.69) is 29.4 Å². The van der Waals surface area contributed by atoms with Crippen molar-refractivity contribution in [1.29, 1.82) is 0 Å². The van der Waals surface area contributed by atoms with Crippen LogP contribution in [0.3, 0.4) is 0 Å². The topological polar surface area (TPSA) is 45.1 Å². The summed E-state index contributed by atoms with van der Waals surface area (Å²) >= 11 is 0. The monoisotopic (exact) mass is 262 g/mol. The van der Waals surface area contributed by atoms with Crippen molar-refractivity contribution >= 4 is 0 Å². The van der Waals surface area contributed by atoms with E-state index in [-0.39, 0.29) is 6.61 Å². The lowest BCUT2D eigenvalue weighted by molar-refractivity contribution is 0.205. The van der Waals surface area contributed by atoms with Gasteiger partial charge in [0.2, 0.25) is 0 Å². The summed E-state index contributed by atoms with van der Waals surface area (Å²) in [6, 6.07) is 4.62. The van der Waals surface area contributed by atoms with Gasteiger partial charge in [-0.2, -0.15) is 0 Å². The first-order valence-corrected chi connectivity index (χ1v) is 7.55. The third-order valence-corrected chi connectivity index (χ3v) is 4.18. The molecule has 1 aliphatic carbocycles. The van der Waals surface area contributed by atoms with Gasteiger partial charge in [0.1, 0.15) is 0 Å². The molecule has 0 amide bonds. The number of nitrogens with one attached hydrogen (secondary N) is 1. The van der Waals surface area contributed by atoms with Gasteiger partial charge >= 0.3 is 0 Å². The number of rotatable bonds is 6. The fraction of sp³-hybridized carbons (Fsp3) is 0.688. The van der Waals surface area contributed by atoms with Gasteiger partial charge in [-0.25, -0.2) is 0 Å². The van der Waals surface area contributed by atoms with E-state index in [1.165, 1.54) is 37.7 Å². The van der Waals surface area contributed by atoms with Crippen LogP contribution >= 0.6 is 0 Å². The standard InChI is InChI=1S/C16H26N2O/c1-13-7-8-15(17-11-13)12-18-16(9-10-19)14-5-3-2-4-6-14/h7-8,11,14,16,18-19H,2-6,9-10,12H2,1H3/t16-/m1/s1. The van der Waals surface area contributed by atoms with Crippen molar-refractivity contribution in [3.8, 4) is 0 Å². The minimum Gasteiger partial charge on any atom is -0.396 e. The molecule has 1 heterocycles. The van der Waals surface area contributed by atoms with E-state index in [0.29, 0.717) is 6.04 Å². The Balaban J connectivity index is 1.87. The van der Waals surface area contributed by atoms with Crippen LogP contribution in [-0.4, -0.2) is 22.7 Å². The van der Waals surface area contributed by atoms with Crippen LogP contribution in [-0.2, 0) is 6.54 Å². The lowest BCUT2D eigenvalue weighted by Crippen LogP contribution is -2.37. The van der Waals surface area contributed by atoms with Gasteiger partial charge in [-0.1, -0.05) is 25.3 Å². The molecule has 1 fully saturated rings. The summed E-state index contributed by atoms with van der Waals surface area (Å²) in [6.07, 6.45) is 9.45. The average molecular weight is 262 g/mol. The third kappa shape index (κ3) is 4.59. The minimum absolute atomic E-state index is 0.273. The van der Waals surface area contributed by atoms with E-state index < -0.39 is 0 Å². The van der Waals surface area contributed by atoms with Crippen molar-refractivity contribution < 1.29 is 5.11 Å². The molecule has 1 aliphatic rings. The molecule has 0 bridgehead atoms. The van der Waals surface area contributed by atoms with Crippen molar-refractivity contribution in [1.82, 2.24) is 10.3 Å². The molecule has 2 rings (SSSR count). The zero-order valence-corrected chi connectivity index (χ0v) is 11.9. The molecule has 0 aromatic carbocycles. The van der Waals surface area contributed by atoms with Crippen molar-refractivity contribution in [3.63, 3.8) is 0 Å². The first-order chi connectivity index (χ1) is 9.29. The highest BCUT2D eigenvalue weighted by molar-refractivity contribution is 5.12. The fourth-order valence-electron chi connectivity index (χ4n) is 3.02. The first kappa shape index (κ1) is 14.5. The van der Waals surface area contributed by atoms with Gasteiger partial charge in [-0.05, 0) is 43.7 Å². The maximum atomic E-state index is 9.25. The van der Waals surface area contributed by atoms with Crippen molar-refractivity contribution in [3.05, 3.63) is 29.6 Å². The Kier molecular flexibility index (Phi) is 5.80. The number of aryl methyl sites for hydroxylation is 1. The molecule has 0 saturated heterocycles. The molecule has 0 unspecified atom stereocenters. The molecule has 0 spiro atoms. The van der Waals surface area contributed by atoms with E-state index >= 15 is 0 Å². The number of aromatic nitrogens is 1. The van der Waals surface area contributed by atoms with E-state index in [9.17, 15) is 5.11 Å². The van der Waals surface area contributed by atoms with Crippen molar-refractivity contribution in [2.24, 2.45) is 5.92 Å². The number of aliphatic hydroxyl groups excluding tert-OH is 1. The van der Waals surface area contributed by atoms with Crippen molar-refractivity contribution in [2.75, 3.05) is 6.61 Å². The summed E-state index contributed by atoms with van der Waals surface area (Å²) in [6.45, 7) is 3.14. The maximum Gasteiger partial charge on any atom is 0.0541 e. The van der Waals surface area contributed by atoms with Crippen LogP contribution in [0.1, 0.15) is 49.8 Å². The molecule has 0 aliphatic heterocycles. The van der Waals surface area contributed by atoms with Crippen LogP contribution in [0.25, 0.3) is 0 Å². The predicted molar refractivity (Wildman–Crippen MR) is 77.9 cm³/mol. The summed E-state index contributed by atoms with van der Waals surface area (Å²) in [5.74, 6) is 0.728. The molecule has 106 valence electrons. The van der Waals surface area contributed by atoms with E-state index in [1.54, 1.807) is 0 Å². The number of pyridine rings is 1. The van der Waals surface area contributed by atoms with Gasteiger partial charge in [-0.3, -0.25) is 4.98 Å². The van der Waals surface area contributed by atoms with Gasteiger partial charge in [0.25, 0.3) is 0 Å². The van der Waals surface area contributed by atoms with Crippen LogP contribution in [0.2, 0.25) is 0 Å². The Morgan fingerprint density at radius 3 is 2.74 bits per heavy atom. The summed E-state index contributed by atoms with van der Waals surface area (Å²) in [4.78, 5) is 4.43. The maximum absolute atomic E-state index is 9.25. The minimum atomic E-state index is 0.273. The lowest BCUT2D eigenvalue weighted by atomic mass is 9.82. The molecule has 3 heteroatoms. The van der Waals surface area contributed by atoms with E-state index in [4.69, 9.17) is 0 Å². The van der Waals surface area contributed by atoms with Crippen molar-refractivity contribution in [2.45, 2.75) is 58.0 Å². The number of aliphatic hydroxyl groups is 1. The number of hydrogen-bond donors (Lipinski definition) is 2. The third-order valence-electron chi connectivity index (χ3n) is 4.18. The van der Waals surface area contributed by atoms with Crippen LogP contribution in [0.4, 0.5) is 0 Å². The number of hydrogen-bond acceptors (Lipinski definition) is 3. The SMILES string of the molecule is Cc1ccc(CN[C@H](CCO)C2CCCCC2)nc1. The lowest BCUT2D eigenvalue weighted by Gasteiger charge is -2.30. The Morgan fingerprint density at radius 2 is 2.11 bits per heavy atom. The molecular formula is C16H26N2O. The van der Waals surface area contributed by atoms with Gasteiger partial charge < -0.3 is 10.4 Å². The van der Waals surface area contributed by atoms with Crippen LogP contribution in [0.5, 0.6) is 0 Å². The fourth-order valence-corrected chi connectivity index (χ4v) is 3.02. The summed E-state index contributed by atoms with van der Waals surface area (Å²) < 4.78 is 0. The zero-order chi connectivity index (χ0) is 13.5. The highest BCUT2D eigenvalue weighted by atomic mass is 16.3. The van der Waals surface area contributed by atoms with E-state index in [1.807, 2.05) is 6.20 Å². The van der Waals surface area contributed by atoms with Gasteiger partial charge in [0.15, 0.2) is 0 Å². The Bertz CT molecular complexity index is 358. The Labute approximate surface area is 116 Å². The zero-order valence-electron chi connectivity index (χ0n) is 11.9. The second-order valence-electron chi connectivity index (χ2n) is 5.72. The molecule has 3 nitrogen and oxygen atoms in total. The highest BCUT2D eigenvalue weighted by Gasteiger charge is 2.22. The Hall–Kier alpha value is -0.930. The smallest absolute Gasteiger partial charge is 0.0541 e. The van der Waals surface area contributed by atoms with Crippen LogP contribution in [0.15, 0.2) is 18.3 Å². The number of nitrogens with zero attached hydrogens (tertiary/aromatic N) is 1. The summed E-state index contributed by atoms with van der Waals surface area (Å²) in [7, 11) is 0. The average Bonchev–Trinajstić information content (AvgIpc) is 2.46. The van der Waals surface area contributed by atoms with Crippen LogP contribution in [0, 0.1) is 12.8 Å². The molecule has 0 radical (unpaired) electrons.